The zero-order valence-corrected chi connectivity index (χ0v) is 8.07. The summed E-state index contributed by atoms with van der Waals surface area (Å²) in [6, 6.07) is 0. The van der Waals surface area contributed by atoms with Gasteiger partial charge in [-0.1, -0.05) is 6.58 Å². The first kappa shape index (κ1) is 12.4. The third-order valence-corrected chi connectivity index (χ3v) is 1.35. The zero-order valence-electron chi connectivity index (χ0n) is 8.07. The van der Waals surface area contributed by atoms with Crippen molar-refractivity contribution in [3.05, 3.63) is 12.8 Å². The summed E-state index contributed by atoms with van der Waals surface area (Å²) in [4.78, 5) is 0. The van der Waals surface area contributed by atoms with E-state index in [1.165, 1.54) is 6.26 Å². The maximum atomic E-state index is 8.61. The molecule has 0 aliphatic carbocycles. The fourth-order valence-electron chi connectivity index (χ4n) is 0.653. The molecule has 0 aromatic rings. The second kappa shape index (κ2) is 9.51. The lowest BCUT2D eigenvalue weighted by Gasteiger charge is -2.09. The van der Waals surface area contributed by atoms with Gasteiger partial charge in [0.05, 0.1) is 38.8 Å². The van der Waals surface area contributed by atoms with Gasteiger partial charge in [-0.25, -0.2) is 0 Å². The Morgan fingerprint density at radius 2 is 2.00 bits per heavy atom. The molecular formula is C9H18O4. The number of hydrogen-bond donors (Lipinski definition) is 1. The van der Waals surface area contributed by atoms with Gasteiger partial charge in [-0.2, -0.15) is 0 Å². The maximum absolute atomic E-state index is 8.61. The lowest BCUT2D eigenvalue weighted by Crippen LogP contribution is -2.17. The molecule has 4 heteroatoms. The average Bonchev–Trinajstić information content (AvgIpc) is 2.16. The Morgan fingerprint density at radius 1 is 1.31 bits per heavy atom. The summed E-state index contributed by atoms with van der Waals surface area (Å²) >= 11 is 0. The molecule has 0 saturated heterocycles. The molecule has 0 spiro atoms. The normalized spacial score (nSPS) is 12.5. The van der Waals surface area contributed by atoms with E-state index in [2.05, 4.69) is 6.58 Å². The lowest BCUT2D eigenvalue weighted by molar-refractivity contribution is -0.0162. The van der Waals surface area contributed by atoms with Crippen molar-refractivity contribution >= 4 is 0 Å². The molecule has 0 heterocycles. The molecule has 0 radical (unpaired) electrons. The van der Waals surface area contributed by atoms with Crippen LogP contribution in [-0.2, 0) is 14.2 Å². The fraction of sp³-hybridized carbons (Fsp3) is 0.778. The summed E-state index contributed by atoms with van der Waals surface area (Å²) < 4.78 is 15.2. The standard InChI is InChI=1S/C9H18O4/c1-3-11-4-5-12-6-7-13-9(2)8-10/h3,9-10H,1,4-8H2,2H3. The van der Waals surface area contributed by atoms with Crippen LogP contribution in [0, 0.1) is 0 Å². The van der Waals surface area contributed by atoms with Gasteiger partial charge in [-0.05, 0) is 6.92 Å². The van der Waals surface area contributed by atoms with Gasteiger partial charge in [-0.3, -0.25) is 0 Å². The van der Waals surface area contributed by atoms with Crippen molar-refractivity contribution < 1.29 is 19.3 Å². The molecule has 13 heavy (non-hydrogen) atoms. The number of ether oxygens (including phenoxy) is 3. The third-order valence-electron chi connectivity index (χ3n) is 1.35. The van der Waals surface area contributed by atoms with Crippen LogP contribution in [0.25, 0.3) is 0 Å². The van der Waals surface area contributed by atoms with Crippen molar-refractivity contribution in [2.75, 3.05) is 33.0 Å². The minimum Gasteiger partial charge on any atom is -0.499 e. The van der Waals surface area contributed by atoms with Crippen LogP contribution in [0.2, 0.25) is 0 Å². The third kappa shape index (κ3) is 9.33. The van der Waals surface area contributed by atoms with E-state index in [0.29, 0.717) is 26.4 Å². The van der Waals surface area contributed by atoms with Crippen LogP contribution in [0.4, 0.5) is 0 Å². The highest BCUT2D eigenvalue weighted by molar-refractivity contribution is 4.48. The summed E-state index contributed by atoms with van der Waals surface area (Å²) in [5.74, 6) is 0. The van der Waals surface area contributed by atoms with Gasteiger partial charge in [0.2, 0.25) is 0 Å². The van der Waals surface area contributed by atoms with Crippen molar-refractivity contribution in [2.45, 2.75) is 13.0 Å². The first-order chi connectivity index (χ1) is 6.31. The van der Waals surface area contributed by atoms with E-state index in [1.54, 1.807) is 6.92 Å². The van der Waals surface area contributed by atoms with Gasteiger partial charge in [-0.15, -0.1) is 0 Å². The predicted octanol–water partition coefficient (Wildman–Crippen LogP) is 0.560. The Kier molecular flexibility index (Phi) is 9.08. The van der Waals surface area contributed by atoms with E-state index in [-0.39, 0.29) is 12.7 Å². The van der Waals surface area contributed by atoms with Crippen LogP contribution in [0.15, 0.2) is 12.8 Å². The monoisotopic (exact) mass is 190 g/mol. The maximum Gasteiger partial charge on any atom is 0.111 e. The smallest absolute Gasteiger partial charge is 0.111 e. The van der Waals surface area contributed by atoms with Crippen LogP contribution >= 0.6 is 0 Å². The SMILES string of the molecule is C=COCCOCCOC(C)CO. The molecule has 0 aliphatic heterocycles. The van der Waals surface area contributed by atoms with Crippen LogP contribution < -0.4 is 0 Å². The van der Waals surface area contributed by atoms with E-state index in [9.17, 15) is 0 Å². The first-order valence-electron chi connectivity index (χ1n) is 4.34. The second-order valence-electron chi connectivity index (χ2n) is 2.51. The van der Waals surface area contributed by atoms with Crippen LogP contribution in [0.5, 0.6) is 0 Å². The molecule has 0 aromatic heterocycles. The van der Waals surface area contributed by atoms with Gasteiger partial charge in [0.15, 0.2) is 0 Å². The van der Waals surface area contributed by atoms with Gasteiger partial charge in [0.1, 0.15) is 6.61 Å². The zero-order chi connectivity index (χ0) is 9.94. The molecule has 4 nitrogen and oxygen atoms in total. The molecule has 0 rings (SSSR count). The molecule has 1 unspecified atom stereocenters. The summed E-state index contributed by atoms with van der Waals surface area (Å²) in [7, 11) is 0. The highest BCUT2D eigenvalue weighted by Crippen LogP contribution is 1.88. The molecular weight excluding hydrogens is 172 g/mol. The van der Waals surface area contributed by atoms with Crippen molar-refractivity contribution in [2.24, 2.45) is 0 Å². The molecule has 0 aliphatic rings. The van der Waals surface area contributed by atoms with Crippen molar-refractivity contribution in [1.29, 1.82) is 0 Å². The Balaban J connectivity index is 2.95. The topological polar surface area (TPSA) is 47.9 Å². The number of hydrogen-bond acceptors (Lipinski definition) is 4. The van der Waals surface area contributed by atoms with E-state index in [1.807, 2.05) is 0 Å². The molecule has 0 amide bonds. The van der Waals surface area contributed by atoms with E-state index in [0.717, 1.165) is 0 Å². The molecule has 0 aromatic carbocycles. The quantitative estimate of drug-likeness (QED) is 0.426. The molecule has 0 saturated carbocycles. The second-order valence-corrected chi connectivity index (χ2v) is 2.51. The summed E-state index contributed by atoms with van der Waals surface area (Å²) in [5, 5.41) is 8.61. The Labute approximate surface area is 79.1 Å². The highest BCUT2D eigenvalue weighted by atomic mass is 16.5. The fourth-order valence-corrected chi connectivity index (χ4v) is 0.653. The van der Waals surface area contributed by atoms with Gasteiger partial charge >= 0.3 is 0 Å². The summed E-state index contributed by atoms with van der Waals surface area (Å²) in [6.07, 6.45) is 1.27. The van der Waals surface area contributed by atoms with Crippen LogP contribution in [0.3, 0.4) is 0 Å². The van der Waals surface area contributed by atoms with E-state index >= 15 is 0 Å². The van der Waals surface area contributed by atoms with Crippen molar-refractivity contribution in [1.82, 2.24) is 0 Å². The van der Waals surface area contributed by atoms with E-state index < -0.39 is 0 Å². The minimum atomic E-state index is -0.118. The Morgan fingerprint density at radius 3 is 2.62 bits per heavy atom. The van der Waals surface area contributed by atoms with Gasteiger partial charge in [0, 0.05) is 0 Å². The average molecular weight is 190 g/mol. The first-order valence-corrected chi connectivity index (χ1v) is 4.34. The Hall–Kier alpha value is -0.580. The largest absolute Gasteiger partial charge is 0.499 e. The number of aliphatic hydroxyl groups excluding tert-OH is 1. The van der Waals surface area contributed by atoms with Gasteiger partial charge < -0.3 is 19.3 Å². The molecule has 78 valence electrons. The van der Waals surface area contributed by atoms with Gasteiger partial charge in [0.25, 0.3) is 0 Å². The Bertz CT molecular complexity index is 116. The molecule has 1 N–H and O–H groups in total. The number of rotatable bonds is 9. The minimum absolute atomic E-state index is 0.0412. The van der Waals surface area contributed by atoms with Crippen LogP contribution in [0.1, 0.15) is 6.92 Å². The van der Waals surface area contributed by atoms with E-state index in [4.69, 9.17) is 19.3 Å². The predicted molar refractivity (Wildman–Crippen MR) is 49.5 cm³/mol. The van der Waals surface area contributed by atoms with Crippen molar-refractivity contribution in [3.8, 4) is 0 Å². The molecule has 0 fully saturated rings. The summed E-state index contributed by atoms with van der Waals surface area (Å²) in [6.45, 7) is 7.30. The number of aliphatic hydroxyl groups is 1. The molecule has 1 atom stereocenters. The highest BCUT2D eigenvalue weighted by Gasteiger charge is 1.97. The molecule has 0 bridgehead atoms. The van der Waals surface area contributed by atoms with Crippen molar-refractivity contribution in [3.63, 3.8) is 0 Å². The summed E-state index contributed by atoms with van der Waals surface area (Å²) in [5.41, 5.74) is 0. The lowest BCUT2D eigenvalue weighted by atomic mass is 10.4. The van der Waals surface area contributed by atoms with Crippen LogP contribution in [-0.4, -0.2) is 44.2 Å².